The van der Waals surface area contributed by atoms with E-state index < -0.39 is 5.41 Å². The number of hydrogen-bond donors (Lipinski definition) is 0. The molecule has 2 fully saturated rings. The Balaban J connectivity index is 1.77. The van der Waals surface area contributed by atoms with Crippen molar-refractivity contribution >= 4 is 23.6 Å². The molecule has 0 aromatic carbocycles. The second-order valence-corrected chi connectivity index (χ2v) is 6.22. The maximum Gasteiger partial charge on any atom is 0.237 e. The van der Waals surface area contributed by atoms with E-state index in [0.29, 0.717) is 12.3 Å². The largest absolute Gasteiger partial charge is 0.444 e. The highest BCUT2D eigenvalue weighted by Gasteiger charge is 2.53. The maximum atomic E-state index is 12.4. The summed E-state index contributed by atoms with van der Waals surface area (Å²) in [6, 6.07) is 0. The second kappa shape index (κ2) is 4.67. The first-order valence-electron chi connectivity index (χ1n) is 6.51. The lowest BCUT2D eigenvalue weighted by Gasteiger charge is -2.19. The number of hydrogen-bond acceptors (Lipinski definition) is 5. The number of imide groups is 1. The molecule has 1 aromatic heterocycles. The van der Waals surface area contributed by atoms with E-state index in [1.807, 2.05) is 6.92 Å². The highest BCUT2D eigenvalue weighted by Crippen LogP contribution is 2.45. The standard InChI is InChI=1S/C13H16N2O3S/c1-2-9-6-14-10(18-9)7-15-11(16)5-13(12(15)17)3-4-19-8-13/h6H,2-5,7-8H2,1H3/t13-/m1/s1. The molecule has 1 aromatic rings. The maximum absolute atomic E-state index is 12.4. The molecule has 19 heavy (non-hydrogen) atoms. The quantitative estimate of drug-likeness (QED) is 0.787. The van der Waals surface area contributed by atoms with Crippen LogP contribution in [0.25, 0.3) is 0 Å². The molecule has 6 heteroatoms. The van der Waals surface area contributed by atoms with Gasteiger partial charge in [-0.3, -0.25) is 14.5 Å². The SMILES string of the molecule is CCc1cnc(CN2C(=O)C[C@@]3(CCSC3)C2=O)o1. The van der Waals surface area contributed by atoms with Gasteiger partial charge in [0.15, 0.2) is 0 Å². The van der Waals surface area contributed by atoms with Gasteiger partial charge in [0.2, 0.25) is 17.7 Å². The van der Waals surface area contributed by atoms with E-state index in [9.17, 15) is 9.59 Å². The molecule has 3 rings (SSSR count). The number of nitrogens with zero attached hydrogens (tertiary/aromatic N) is 2. The summed E-state index contributed by atoms with van der Waals surface area (Å²) in [6.07, 6.45) is 3.57. The predicted octanol–water partition coefficient (Wildman–Crippen LogP) is 1.62. The predicted molar refractivity (Wildman–Crippen MR) is 70.4 cm³/mol. The van der Waals surface area contributed by atoms with Crippen molar-refractivity contribution in [3.05, 3.63) is 17.8 Å². The van der Waals surface area contributed by atoms with Gasteiger partial charge in [-0.25, -0.2) is 4.98 Å². The molecule has 0 unspecified atom stereocenters. The molecular formula is C13H16N2O3S. The van der Waals surface area contributed by atoms with Crippen LogP contribution >= 0.6 is 11.8 Å². The summed E-state index contributed by atoms with van der Waals surface area (Å²) in [5.74, 6) is 2.81. The van der Waals surface area contributed by atoms with E-state index in [0.717, 1.165) is 30.1 Å². The molecule has 2 saturated heterocycles. The third kappa shape index (κ3) is 2.08. The van der Waals surface area contributed by atoms with Gasteiger partial charge in [-0.1, -0.05) is 6.92 Å². The lowest BCUT2D eigenvalue weighted by atomic mass is 9.86. The fraction of sp³-hybridized carbons (Fsp3) is 0.615. The molecule has 0 N–H and O–H groups in total. The lowest BCUT2D eigenvalue weighted by Crippen LogP contribution is -2.35. The minimum absolute atomic E-state index is 0.0428. The summed E-state index contributed by atoms with van der Waals surface area (Å²) in [4.78, 5) is 29.9. The minimum Gasteiger partial charge on any atom is -0.444 e. The molecule has 102 valence electrons. The Morgan fingerprint density at radius 2 is 2.37 bits per heavy atom. The first-order chi connectivity index (χ1) is 9.14. The zero-order chi connectivity index (χ0) is 13.5. The fourth-order valence-corrected chi connectivity index (χ4v) is 4.10. The van der Waals surface area contributed by atoms with Crippen LogP contribution in [-0.2, 0) is 22.6 Å². The number of aryl methyl sites for hydroxylation is 1. The van der Waals surface area contributed by atoms with Crippen molar-refractivity contribution in [1.82, 2.24) is 9.88 Å². The molecular weight excluding hydrogens is 264 g/mol. The number of thioether (sulfide) groups is 1. The van der Waals surface area contributed by atoms with E-state index in [2.05, 4.69) is 4.98 Å². The van der Waals surface area contributed by atoms with Crippen molar-refractivity contribution < 1.29 is 14.0 Å². The summed E-state index contributed by atoms with van der Waals surface area (Å²) >= 11 is 1.75. The van der Waals surface area contributed by atoms with Gasteiger partial charge >= 0.3 is 0 Å². The zero-order valence-corrected chi connectivity index (χ0v) is 11.7. The van der Waals surface area contributed by atoms with Crippen LogP contribution in [0.4, 0.5) is 0 Å². The molecule has 0 aliphatic carbocycles. The van der Waals surface area contributed by atoms with Gasteiger partial charge in [-0.2, -0.15) is 11.8 Å². The highest BCUT2D eigenvalue weighted by molar-refractivity contribution is 7.99. The van der Waals surface area contributed by atoms with E-state index >= 15 is 0 Å². The van der Waals surface area contributed by atoms with Gasteiger partial charge in [0.25, 0.3) is 0 Å². The van der Waals surface area contributed by atoms with Crippen molar-refractivity contribution in [3.8, 4) is 0 Å². The molecule has 5 nitrogen and oxygen atoms in total. The van der Waals surface area contributed by atoms with Crippen molar-refractivity contribution in [2.24, 2.45) is 5.41 Å². The van der Waals surface area contributed by atoms with Crippen LogP contribution in [0, 0.1) is 5.41 Å². The van der Waals surface area contributed by atoms with Crippen molar-refractivity contribution in [1.29, 1.82) is 0 Å². The molecule has 0 bridgehead atoms. The Bertz CT molecular complexity index is 520. The smallest absolute Gasteiger partial charge is 0.237 e. The number of carbonyl (C=O) groups is 2. The van der Waals surface area contributed by atoms with Gasteiger partial charge in [-0.15, -0.1) is 0 Å². The Labute approximate surface area is 115 Å². The third-order valence-corrected chi connectivity index (χ3v) is 5.09. The van der Waals surface area contributed by atoms with Crippen LogP contribution in [0.2, 0.25) is 0 Å². The molecule has 0 saturated carbocycles. The average Bonchev–Trinajstić information content (AvgIpc) is 3.08. The van der Waals surface area contributed by atoms with Crippen molar-refractivity contribution in [2.45, 2.75) is 32.7 Å². The summed E-state index contributed by atoms with van der Waals surface area (Å²) in [5.41, 5.74) is -0.443. The van der Waals surface area contributed by atoms with Gasteiger partial charge in [0.05, 0.1) is 11.6 Å². The Kier molecular flexibility index (Phi) is 3.12. The number of likely N-dealkylation sites (tertiary alicyclic amines) is 1. The number of amides is 2. The molecule has 0 radical (unpaired) electrons. The van der Waals surface area contributed by atoms with Crippen LogP contribution in [0.1, 0.15) is 31.4 Å². The third-order valence-electron chi connectivity index (χ3n) is 3.84. The second-order valence-electron chi connectivity index (χ2n) is 5.12. The Morgan fingerprint density at radius 3 is 3.00 bits per heavy atom. The van der Waals surface area contributed by atoms with Crippen molar-refractivity contribution in [3.63, 3.8) is 0 Å². The number of carbonyl (C=O) groups excluding carboxylic acids is 2. The van der Waals surface area contributed by atoms with Crippen molar-refractivity contribution in [2.75, 3.05) is 11.5 Å². The first kappa shape index (κ1) is 12.7. The van der Waals surface area contributed by atoms with Crippen LogP contribution in [0.15, 0.2) is 10.6 Å². The van der Waals surface area contributed by atoms with Crippen LogP contribution in [0.5, 0.6) is 0 Å². The van der Waals surface area contributed by atoms with Crippen LogP contribution in [-0.4, -0.2) is 33.2 Å². The number of aromatic nitrogens is 1. The summed E-state index contributed by atoms with van der Waals surface area (Å²) in [7, 11) is 0. The first-order valence-corrected chi connectivity index (χ1v) is 7.66. The molecule has 2 aliphatic rings. The zero-order valence-electron chi connectivity index (χ0n) is 10.8. The summed E-state index contributed by atoms with van der Waals surface area (Å²) < 4.78 is 5.48. The van der Waals surface area contributed by atoms with Gasteiger partial charge in [-0.05, 0) is 12.2 Å². The highest BCUT2D eigenvalue weighted by atomic mass is 32.2. The van der Waals surface area contributed by atoms with Gasteiger partial charge in [0.1, 0.15) is 12.3 Å². The monoisotopic (exact) mass is 280 g/mol. The molecule has 2 amide bonds. The lowest BCUT2D eigenvalue weighted by molar-refractivity contribution is -0.142. The average molecular weight is 280 g/mol. The minimum atomic E-state index is -0.443. The molecule has 2 aliphatic heterocycles. The topological polar surface area (TPSA) is 63.4 Å². The molecule has 3 heterocycles. The molecule has 1 atom stereocenters. The van der Waals surface area contributed by atoms with Gasteiger partial charge in [0, 0.05) is 18.6 Å². The summed E-state index contributed by atoms with van der Waals surface area (Å²) in [5, 5.41) is 0. The number of rotatable bonds is 3. The fourth-order valence-electron chi connectivity index (χ4n) is 2.66. The Hall–Kier alpha value is -1.30. The van der Waals surface area contributed by atoms with E-state index in [-0.39, 0.29) is 18.4 Å². The van der Waals surface area contributed by atoms with E-state index in [1.54, 1.807) is 18.0 Å². The Morgan fingerprint density at radius 1 is 1.53 bits per heavy atom. The van der Waals surface area contributed by atoms with Crippen LogP contribution < -0.4 is 0 Å². The summed E-state index contributed by atoms with van der Waals surface area (Å²) in [6.45, 7) is 2.14. The normalized spacial score (nSPS) is 26.9. The van der Waals surface area contributed by atoms with Gasteiger partial charge < -0.3 is 4.42 Å². The molecule has 1 spiro atoms. The van der Waals surface area contributed by atoms with E-state index in [1.165, 1.54) is 4.90 Å². The van der Waals surface area contributed by atoms with Crippen LogP contribution in [0.3, 0.4) is 0 Å². The number of oxazole rings is 1. The van der Waals surface area contributed by atoms with E-state index in [4.69, 9.17) is 4.42 Å².